The van der Waals surface area contributed by atoms with Crippen LogP contribution >= 0.6 is 0 Å². The van der Waals surface area contributed by atoms with E-state index in [4.69, 9.17) is 14.0 Å². The highest BCUT2D eigenvalue weighted by Crippen LogP contribution is 2.21. The first-order chi connectivity index (χ1) is 13.6. The van der Waals surface area contributed by atoms with Crippen LogP contribution in [0.4, 0.5) is 0 Å². The molecule has 7 heteroatoms. The molecule has 0 radical (unpaired) electrons. The van der Waals surface area contributed by atoms with E-state index >= 15 is 0 Å². The molecule has 0 aliphatic carbocycles. The molecule has 0 aliphatic rings. The Morgan fingerprint density at radius 3 is 2.57 bits per heavy atom. The summed E-state index contributed by atoms with van der Waals surface area (Å²) in [5, 5.41) is 3.97. The molecule has 3 rings (SSSR count). The van der Waals surface area contributed by atoms with Crippen molar-refractivity contribution in [3.8, 4) is 22.9 Å². The molecule has 0 saturated carbocycles. The topological polar surface area (TPSA) is 77.7 Å². The second-order valence-corrected chi connectivity index (χ2v) is 6.04. The zero-order valence-corrected chi connectivity index (χ0v) is 16.0. The first-order valence-corrected chi connectivity index (χ1v) is 8.63. The van der Waals surface area contributed by atoms with Gasteiger partial charge >= 0.3 is 0 Å². The van der Waals surface area contributed by atoms with Gasteiger partial charge in [-0.25, -0.2) is 0 Å². The number of aromatic nitrogens is 2. The average molecular weight is 379 g/mol. The molecule has 0 saturated heterocycles. The van der Waals surface area contributed by atoms with E-state index in [1.165, 1.54) is 11.0 Å². The SMILES string of the molecule is COc1ccc(/C=C/C(=O)N(C)Cc2nc(-c3cccc(OC)c3)no2)cc1. The van der Waals surface area contributed by atoms with Crippen molar-refractivity contribution in [1.29, 1.82) is 0 Å². The van der Waals surface area contributed by atoms with Gasteiger partial charge in [0, 0.05) is 18.7 Å². The summed E-state index contributed by atoms with van der Waals surface area (Å²) in [6, 6.07) is 14.8. The first-order valence-electron chi connectivity index (χ1n) is 8.63. The zero-order valence-electron chi connectivity index (χ0n) is 16.0. The summed E-state index contributed by atoms with van der Waals surface area (Å²) in [6.45, 7) is 0.211. The Kier molecular flexibility index (Phi) is 6.06. The second kappa shape index (κ2) is 8.85. The van der Waals surface area contributed by atoms with Crippen LogP contribution in [0.1, 0.15) is 11.5 Å². The number of nitrogens with zero attached hydrogens (tertiary/aromatic N) is 3. The number of hydrogen-bond acceptors (Lipinski definition) is 6. The molecule has 28 heavy (non-hydrogen) atoms. The Morgan fingerprint density at radius 1 is 1.11 bits per heavy atom. The summed E-state index contributed by atoms with van der Waals surface area (Å²) < 4.78 is 15.6. The summed E-state index contributed by atoms with van der Waals surface area (Å²) in [5.74, 6) is 2.11. The van der Waals surface area contributed by atoms with E-state index in [0.717, 1.165) is 16.9 Å². The molecular formula is C21H21N3O4. The molecule has 2 aromatic carbocycles. The molecule has 1 heterocycles. The van der Waals surface area contributed by atoms with Crippen LogP contribution in [0.25, 0.3) is 17.5 Å². The maximum absolute atomic E-state index is 12.3. The van der Waals surface area contributed by atoms with Gasteiger partial charge in [-0.2, -0.15) is 4.98 Å². The summed E-state index contributed by atoms with van der Waals surface area (Å²) >= 11 is 0. The lowest BCUT2D eigenvalue weighted by Gasteiger charge is -2.11. The van der Waals surface area contributed by atoms with Crippen molar-refractivity contribution in [2.75, 3.05) is 21.3 Å². The van der Waals surface area contributed by atoms with Crippen LogP contribution in [0.15, 0.2) is 59.1 Å². The fourth-order valence-corrected chi connectivity index (χ4v) is 2.49. The van der Waals surface area contributed by atoms with Gasteiger partial charge in [-0.15, -0.1) is 0 Å². The number of hydrogen-bond donors (Lipinski definition) is 0. The second-order valence-electron chi connectivity index (χ2n) is 6.04. The maximum Gasteiger partial charge on any atom is 0.246 e. The number of rotatable bonds is 7. The van der Waals surface area contributed by atoms with Gasteiger partial charge in [0.05, 0.1) is 20.8 Å². The Hall–Kier alpha value is -3.61. The highest BCUT2D eigenvalue weighted by molar-refractivity contribution is 5.91. The van der Waals surface area contributed by atoms with Crippen LogP contribution in [0.2, 0.25) is 0 Å². The molecule has 1 amide bonds. The van der Waals surface area contributed by atoms with Gasteiger partial charge in [0.1, 0.15) is 11.5 Å². The molecule has 1 aromatic heterocycles. The lowest BCUT2D eigenvalue weighted by atomic mass is 10.2. The summed E-state index contributed by atoms with van der Waals surface area (Å²) in [4.78, 5) is 18.2. The number of likely N-dealkylation sites (N-methyl/N-ethyl adjacent to an activating group) is 1. The predicted molar refractivity (Wildman–Crippen MR) is 105 cm³/mol. The lowest BCUT2D eigenvalue weighted by molar-refractivity contribution is -0.125. The average Bonchev–Trinajstić information content (AvgIpc) is 3.20. The first kappa shape index (κ1) is 19.2. The minimum Gasteiger partial charge on any atom is -0.497 e. The van der Waals surface area contributed by atoms with Crippen LogP contribution in [-0.2, 0) is 11.3 Å². The molecule has 7 nitrogen and oxygen atoms in total. The summed E-state index contributed by atoms with van der Waals surface area (Å²) in [6.07, 6.45) is 3.24. The van der Waals surface area contributed by atoms with Gasteiger partial charge in [-0.1, -0.05) is 29.4 Å². The Labute approximate surface area is 163 Å². The molecule has 0 aliphatic heterocycles. The minimum atomic E-state index is -0.169. The van der Waals surface area contributed by atoms with Crippen LogP contribution in [-0.4, -0.2) is 42.2 Å². The lowest BCUT2D eigenvalue weighted by Crippen LogP contribution is -2.24. The third-order valence-corrected chi connectivity index (χ3v) is 4.08. The smallest absolute Gasteiger partial charge is 0.246 e. The Bertz CT molecular complexity index is 964. The highest BCUT2D eigenvalue weighted by Gasteiger charge is 2.13. The quantitative estimate of drug-likeness (QED) is 0.586. The number of carbonyl (C=O) groups is 1. The third-order valence-electron chi connectivity index (χ3n) is 4.08. The van der Waals surface area contributed by atoms with Crippen LogP contribution in [0.5, 0.6) is 11.5 Å². The van der Waals surface area contributed by atoms with E-state index < -0.39 is 0 Å². The van der Waals surface area contributed by atoms with E-state index in [1.54, 1.807) is 27.3 Å². The number of amides is 1. The van der Waals surface area contributed by atoms with Gasteiger partial charge < -0.3 is 18.9 Å². The van der Waals surface area contributed by atoms with Crippen molar-refractivity contribution in [3.05, 3.63) is 66.1 Å². The van der Waals surface area contributed by atoms with Gasteiger partial charge in [0.25, 0.3) is 0 Å². The fraction of sp³-hybridized carbons (Fsp3) is 0.190. The molecule has 3 aromatic rings. The maximum atomic E-state index is 12.3. The largest absolute Gasteiger partial charge is 0.497 e. The molecule has 0 N–H and O–H groups in total. The van der Waals surface area contributed by atoms with Crippen LogP contribution in [0, 0.1) is 0 Å². The Balaban J connectivity index is 1.62. The van der Waals surface area contributed by atoms with E-state index in [0.29, 0.717) is 17.5 Å². The number of benzene rings is 2. The molecule has 144 valence electrons. The van der Waals surface area contributed by atoms with E-state index in [9.17, 15) is 4.79 Å². The summed E-state index contributed by atoms with van der Waals surface area (Å²) in [7, 11) is 4.89. The van der Waals surface area contributed by atoms with Crippen molar-refractivity contribution in [2.24, 2.45) is 0 Å². The number of carbonyl (C=O) groups excluding carboxylic acids is 1. The van der Waals surface area contributed by atoms with Gasteiger partial charge in [0.2, 0.25) is 17.6 Å². The van der Waals surface area contributed by atoms with Gasteiger partial charge in [0.15, 0.2) is 0 Å². The van der Waals surface area contributed by atoms with Crippen molar-refractivity contribution >= 4 is 12.0 Å². The van der Waals surface area contributed by atoms with E-state index in [2.05, 4.69) is 10.1 Å². The fourth-order valence-electron chi connectivity index (χ4n) is 2.49. The third kappa shape index (κ3) is 4.76. The van der Waals surface area contributed by atoms with Crippen LogP contribution in [0.3, 0.4) is 0 Å². The van der Waals surface area contributed by atoms with E-state index in [-0.39, 0.29) is 12.5 Å². The molecule has 0 unspecified atom stereocenters. The van der Waals surface area contributed by atoms with Crippen molar-refractivity contribution in [3.63, 3.8) is 0 Å². The monoisotopic (exact) mass is 379 g/mol. The number of methoxy groups -OCH3 is 2. The van der Waals surface area contributed by atoms with Crippen molar-refractivity contribution < 1.29 is 18.8 Å². The molecule has 0 atom stereocenters. The van der Waals surface area contributed by atoms with Gasteiger partial charge in [-0.3, -0.25) is 4.79 Å². The number of ether oxygens (including phenoxy) is 2. The van der Waals surface area contributed by atoms with Crippen molar-refractivity contribution in [2.45, 2.75) is 6.54 Å². The highest BCUT2D eigenvalue weighted by atomic mass is 16.5. The summed E-state index contributed by atoms with van der Waals surface area (Å²) in [5.41, 5.74) is 1.68. The van der Waals surface area contributed by atoms with Crippen LogP contribution < -0.4 is 9.47 Å². The molecule has 0 spiro atoms. The minimum absolute atomic E-state index is 0.169. The Morgan fingerprint density at radius 2 is 1.86 bits per heavy atom. The predicted octanol–water partition coefficient (Wildman–Crippen LogP) is 3.43. The van der Waals surface area contributed by atoms with Crippen molar-refractivity contribution in [1.82, 2.24) is 15.0 Å². The zero-order chi connectivity index (χ0) is 19.9. The molecule has 0 bridgehead atoms. The molecule has 0 fully saturated rings. The van der Waals surface area contributed by atoms with E-state index in [1.807, 2.05) is 48.5 Å². The standard InChI is InChI=1S/C21H21N3O4/c1-24(20(25)12-9-15-7-10-17(26-2)11-8-15)14-19-22-21(23-28-19)16-5-4-6-18(13-16)27-3/h4-13H,14H2,1-3H3/b12-9+. The molecular weight excluding hydrogens is 358 g/mol. The normalized spacial score (nSPS) is 10.8. The van der Waals surface area contributed by atoms with Gasteiger partial charge in [-0.05, 0) is 35.9 Å².